The Labute approximate surface area is 92.0 Å². The van der Waals surface area contributed by atoms with Crippen LogP contribution < -0.4 is 5.32 Å². The van der Waals surface area contributed by atoms with Crippen molar-refractivity contribution in [1.29, 1.82) is 0 Å². The molecule has 0 heterocycles. The maximum Gasteiger partial charge on any atom is 0.234 e. The molecule has 0 aromatic rings. The van der Waals surface area contributed by atoms with Gasteiger partial charge in [-0.25, -0.2) is 0 Å². The molecule has 0 spiro atoms. The molecule has 1 amide bonds. The average Bonchev–Trinajstić information content (AvgIpc) is 2.11. The van der Waals surface area contributed by atoms with Crippen molar-refractivity contribution < 1.29 is 9.59 Å². The van der Waals surface area contributed by atoms with Crippen LogP contribution in [0.2, 0.25) is 0 Å². The van der Waals surface area contributed by atoms with Crippen LogP contribution >= 0.6 is 0 Å². The van der Waals surface area contributed by atoms with Crippen molar-refractivity contribution in [2.75, 3.05) is 13.1 Å². The van der Waals surface area contributed by atoms with Crippen molar-refractivity contribution in [3.63, 3.8) is 0 Å². The van der Waals surface area contributed by atoms with Crippen LogP contribution in [0.5, 0.6) is 0 Å². The number of amides is 1. The highest BCUT2D eigenvalue weighted by molar-refractivity contribution is 5.83. The van der Waals surface area contributed by atoms with Gasteiger partial charge in [0.25, 0.3) is 0 Å². The van der Waals surface area contributed by atoms with E-state index < -0.39 is 0 Å². The second-order valence-corrected chi connectivity index (χ2v) is 4.07. The van der Waals surface area contributed by atoms with Gasteiger partial charge >= 0.3 is 0 Å². The van der Waals surface area contributed by atoms with Gasteiger partial charge in [-0.3, -0.25) is 14.5 Å². The second kappa shape index (κ2) is 6.56. The number of Topliss-reactive ketones (excluding diaryl/α,β-unsaturated/α-hetero) is 1. The van der Waals surface area contributed by atoms with Crippen LogP contribution in [0.1, 0.15) is 34.6 Å². The molecule has 1 unspecified atom stereocenters. The van der Waals surface area contributed by atoms with Crippen molar-refractivity contribution in [1.82, 2.24) is 10.2 Å². The van der Waals surface area contributed by atoms with Crippen LogP contribution in [0, 0.1) is 0 Å². The molecule has 0 aliphatic carbocycles. The maximum absolute atomic E-state index is 11.5. The van der Waals surface area contributed by atoms with E-state index in [1.54, 1.807) is 6.92 Å². The Balaban J connectivity index is 4.21. The molecular weight excluding hydrogens is 192 g/mol. The summed E-state index contributed by atoms with van der Waals surface area (Å²) in [6.45, 7) is 10.1. The van der Waals surface area contributed by atoms with Gasteiger partial charge in [-0.15, -0.1) is 0 Å². The Hall–Kier alpha value is -0.900. The zero-order valence-electron chi connectivity index (χ0n) is 10.3. The minimum absolute atomic E-state index is 0.0278. The molecule has 0 radical (unpaired) electrons. The number of nitrogens with zero attached hydrogens (tertiary/aromatic N) is 1. The standard InChI is InChI=1S/C11H22N2O2/c1-6-13(9(4)10(5)14)7-11(15)12-8(2)3/h8-9H,6-7H2,1-5H3,(H,12,15). The van der Waals surface area contributed by atoms with E-state index in [1.807, 2.05) is 32.6 Å². The predicted molar refractivity (Wildman–Crippen MR) is 60.7 cm³/mol. The maximum atomic E-state index is 11.5. The molecular formula is C11H22N2O2. The fourth-order valence-electron chi connectivity index (χ4n) is 1.33. The van der Waals surface area contributed by atoms with Crippen molar-refractivity contribution in [3.05, 3.63) is 0 Å². The summed E-state index contributed by atoms with van der Waals surface area (Å²) < 4.78 is 0. The highest BCUT2D eigenvalue weighted by Gasteiger charge is 2.18. The summed E-state index contributed by atoms with van der Waals surface area (Å²) in [5.74, 6) is 0.0640. The molecule has 0 rings (SSSR count). The Morgan fingerprint density at radius 2 is 1.80 bits per heavy atom. The van der Waals surface area contributed by atoms with E-state index in [1.165, 1.54) is 0 Å². The van der Waals surface area contributed by atoms with Crippen LogP contribution in [0.25, 0.3) is 0 Å². The Kier molecular flexibility index (Phi) is 6.17. The van der Waals surface area contributed by atoms with Crippen molar-refractivity contribution in [2.45, 2.75) is 46.7 Å². The lowest BCUT2D eigenvalue weighted by Gasteiger charge is -2.25. The lowest BCUT2D eigenvalue weighted by molar-refractivity contribution is -0.126. The Morgan fingerprint density at radius 3 is 2.13 bits per heavy atom. The van der Waals surface area contributed by atoms with Gasteiger partial charge < -0.3 is 5.32 Å². The molecule has 0 fully saturated rings. The van der Waals surface area contributed by atoms with Crippen LogP contribution in [0.3, 0.4) is 0 Å². The van der Waals surface area contributed by atoms with Crippen LogP contribution in [-0.2, 0) is 9.59 Å². The highest BCUT2D eigenvalue weighted by Crippen LogP contribution is 1.99. The highest BCUT2D eigenvalue weighted by atomic mass is 16.2. The van der Waals surface area contributed by atoms with E-state index in [2.05, 4.69) is 5.32 Å². The molecule has 0 saturated carbocycles. The Morgan fingerprint density at radius 1 is 1.27 bits per heavy atom. The van der Waals surface area contributed by atoms with E-state index in [-0.39, 0.29) is 30.3 Å². The third-order valence-electron chi connectivity index (χ3n) is 2.34. The number of hydrogen-bond acceptors (Lipinski definition) is 3. The minimum atomic E-state index is -0.187. The van der Waals surface area contributed by atoms with Crippen molar-refractivity contribution in [3.8, 4) is 0 Å². The first-order valence-corrected chi connectivity index (χ1v) is 5.42. The largest absolute Gasteiger partial charge is 0.353 e. The summed E-state index contributed by atoms with van der Waals surface area (Å²) in [6, 6.07) is -0.0447. The predicted octanol–water partition coefficient (Wildman–Crippen LogP) is 0.810. The van der Waals surface area contributed by atoms with Gasteiger partial charge in [0, 0.05) is 6.04 Å². The summed E-state index contributed by atoms with van der Waals surface area (Å²) in [5.41, 5.74) is 0. The number of carbonyl (C=O) groups is 2. The summed E-state index contributed by atoms with van der Waals surface area (Å²) >= 11 is 0. The summed E-state index contributed by atoms with van der Waals surface area (Å²) in [5, 5.41) is 2.81. The first-order valence-electron chi connectivity index (χ1n) is 5.42. The molecule has 4 heteroatoms. The quantitative estimate of drug-likeness (QED) is 0.712. The number of nitrogens with one attached hydrogen (secondary N) is 1. The molecule has 88 valence electrons. The summed E-state index contributed by atoms with van der Waals surface area (Å²) in [4.78, 5) is 24.5. The van der Waals surface area contributed by atoms with Crippen LogP contribution in [0.4, 0.5) is 0 Å². The molecule has 1 atom stereocenters. The van der Waals surface area contributed by atoms with E-state index >= 15 is 0 Å². The molecule has 0 aromatic carbocycles. The third kappa shape index (κ3) is 5.52. The summed E-state index contributed by atoms with van der Waals surface area (Å²) in [6.07, 6.45) is 0. The fourth-order valence-corrected chi connectivity index (χ4v) is 1.33. The van der Waals surface area contributed by atoms with Gasteiger partial charge in [0.05, 0.1) is 12.6 Å². The van der Waals surface area contributed by atoms with Gasteiger partial charge in [0.15, 0.2) is 0 Å². The van der Waals surface area contributed by atoms with E-state index in [0.717, 1.165) is 0 Å². The molecule has 0 aromatic heterocycles. The molecule has 15 heavy (non-hydrogen) atoms. The monoisotopic (exact) mass is 214 g/mol. The molecule has 0 saturated heterocycles. The molecule has 0 aliphatic rings. The zero-order valence-corrected chi connectivity index (χ0v) is 10.3. The smallest absolute Gasteiger partial charge is 0.234 e. The number of hydrogen-bond donors (Lipinski definition) is 1. The van der Waals surface area contributed by atoms with Crippen molar-refractivity contribution >= 4 is 11.7 Å². The zero-order chi connectivity index (χ0) is 12.0. The van der Waals surface area contributed by atoms with Gasteiger partial charge in [-0.2, -0.15) is 0 Å². The van der Waals surface area contributed by atoms with Gasteiger partial charge in [-0.05, 0) is 34.2 Å². The van der Waals surface area contributed by atoms with Crippen molar-refractivity contribution in [2.24, 2.45) is 0 Å². The number of carbonyl (C=O) groups excluding carboxylic acids is 2. The van der Waals surface area contributed by atoms with Crippen LogP contribution in [0.15, 0.2) is 0 Å². The normalized spacial score (nSPS) is 13.0. The molecule has 1 N–H and O–H groups in total. The topological polar surface area (TPSA) is 49.4 Å². The molecule has 0 aliphatic heterocycles. The number of rotatable bonds is 6. The van der Waals surface area contributed by atoms with Gasteiger partial charge in [0.1, 0.15) is 5.78 Å². The SMILES string of the molecule is CCN(CC(=O)NC(C)C)C(C)C(C)=O. The lowest BCUT2D eigenvalue weighted by atomic mass is 10.2. The van der Waals surface area contributed by atoms with E-state index in [9.17, 15) is 9.59 Å². The van der Waals surface area contributed by atoms with Gasteiger partial charge in [0.2, 0.25) is 5.91 Å². The van der Waals surface area contributed by atoms with E-state index in [0.29, 0.717) is 6.54 Å². The summed E-state index contributed by atoms with van der Waals surface area (Å²) in [7, 11) is 0. The Bertz CT molecular complexity index is 227. The van der Waals surface area contributed by atoms with E-state index in [4.69, 9.17) is 0 Å². The molecule has 4 nitrogen and oxygen atoms in total. The number of ketones is 1. The molecule has 0 bridgehead atoms. The third-order valence-corrected chi connectivity index (χ3v) is 2.34. The second-order valence-electron chi connectivity index (χ2n) is 4.07. The fraction of sp³-hybridized carbons (Fsp3) is 0.818. The van der Waals surface area contributed by atoms with Gasteiger partial charge in [-0.1, -0.05) is 6.92 Å². The number of likely N-dealkylation sites (N-methyl/N-ethyl adjacent to an activating group) is 1. The van der Waals surface area contributed by atoms with Crippen LogP contribution in [-0.4, -0.2) is 41.8 Å². The minimum Gasteiger partial charge on any atom is -0.353 e. The first kappa shape index (κ1) is 14.1. The average molecular weight is 214 g/mol. The first-order chi connectivity index (χ1) is 6.88. The lowest BCUT2D eigenvalue weighted by Crippen LogP contribution is -2.45.